The van der Waals surface area contributed by atoms with Crippen LogP contribution in [0.3, 0.4) is 0 Å². The number of hydrogen-bond acceptors (Lipinski definition) is 2. The minimum Gasteiger partial charge on any atom is -0.311 e. The number of aryl methyl sites for hydroxylation is 2. The molecule has 0 radical (unpaired) electrons. The SMILES string of the molecule is Cc1ccc2c(c1)B1c3cc(C)ccc3N(c3ccccc3)c3cc(-n4c5cc(-c6ccccc6)ccc5c5ccc(-c6ccccc6)cc54)cc(c31)N2c1ccccc1. The lowest BCUT2D eigenvalue weighted by Crippen LogP contribution is -2.61. The Labute approximate surface area is 351 Å². The smallest absolute Gasteiger partial charge is 0.252 e. The molecule has 3 heterocycles. The van der Waals surface area contributed by atoms with Gasteiger partial charge in [-0.3, -0.25) is 0 Å². The third-order valence-corrected chi connectivity index (χ3v) is 12.6. The Morgan fingerprint density at radius 1 is 0.333 bits per heavy atom. The molecular formula is C56H40BN3. The fraction of sp³-hybridized carbons (Fsp3) is 0.0357. The molecule has 0 saturated carbocycles. The topological polar surface area (TPSA) is 11.4 Å². The summed E-state index contributed by atoms with van der Waals surface area (Å²) in [5.41, 5.74) is 21.9. The van der Waals surface area contributed by atoms with Gasteiger partial charge in [0.25, 0.3) is 6.71 Å². The molecular weight excluding hydrogens is 725 g/mol. The minimum absolute atomic E-state index is 0.0429. The van der Waals surface area contributed by atoms with E-state index in [0.29, 0.717) is 0 Å². The molecule has 0 unspecified atom stereocenters. The summed E-state index contributed by atoms with van der Waals surface area (Å²) >= 11 is 0. The Morgan fingerprint density at radius 3 is 1.18 bits per heavy atom. The van der Waals surface area contributed by atoms with Crippen LogP contribution in [0.15, 0.2) is 206 Å². The van der Waals surface area contributed by atoms with Crippen LogP contribution in [0.25, 0.3) is 49.7 Å². The number of rotatable bonds is 5. The minimum atomic E-state index is 0.0429. The van der Waals surface area contributed by atoms with E-state index >= 15 is 0 Å². The summed E-state index contributed by atoms with van der Waals surface area (Å²) in [6.07, 6.45) is 0. The van der Waals surface area contributed by atoms with Crippen molar-refractivity contribution in [3.63, 3.8) is 0 Å². The van der Waals surface area contributed by atoms with Gasteiger partial charge in [-0.25, -0.2) is 0 Å². The lowest BCUT2D eigenvalue weighted by molar-refractivity contribution is 1.16. The number of anilines is 6. The fourth-order valence-electron chi connectivity index (χ4n) is 9.99. The number of para-hydroxylation sites is 2. The molecule has 2 aliphatic rings. The first-order valence-electron chi connectivity index (χ1n) is 20.9. The first-order chi connectivity index (χ1) is 29.6. The van der Waals surface area contributed by atoms with Crippen LogP contribution in [0.5, 0.6) is 0 Å². The van der Waals surface area contributed by atoms with E-state index in [2.05, 4.69) is 234 Å². The molecule has 9 aromatic carbocycles. The van der Waals surface area contributed by atoms with Crippen LogP contribution >= 0.6 is 0 Å². The number of benzene rings is 9. The van der Waals surface area contributed by atoms with Crippen molar-refractivity contribution in [1.82, 2.24) is 4.57 Å². The molecule has 0 aliphatic carbocycles. The quantitative estimate of drug-likeness (QED) is 0.162. The molecule has 4 heteroatoms. The summed E-state index contributed by atoms with van der Waals surface area (Å²) < 4.78 is 2.52. The van der Waals surface area contributed by atoms with Gasteiger partial charge in [0.2, 0.25) is 0 Å². The summed E-state index contributed by atoms with van der Waals surface area (Å²) in [7, 11) is 0. The average Bonchev–Trinajstić information content (AvgIpc) is 3.63. The van der Waals surface area contributed by atoms with Gasteiger partial charge >= 0.3 is 0 Å². The van der Waals surface area contributed by atoms with Crippen molar-refractivity contribution in [2.75, 3.05) is 9.80 Å². The summed E-state index contributed by atoms with van der Waals surface area (Å²) in [6.45, 7) is 4.48. The van der Waals surface area contributed by atoms with E-state index in [-0.39, 0.29) is 6.71 Å². The highest BCUT2D eigenvalue weighted by Crippen LogP contribution is 2.47. The lowest BCUT2D eigenvalue weighted by Gasteiger charge is -2.44. The number of hydrogen-bond donors (Lipinski definition) is 0. The monoisotopic (exact) mass is 765 g/mol. The predicted molar refractivity (Wildman–Crippen MR) is 255 cm³/mol. The van der Waals surface area contributed by atoms with E-state index in [1.165, 1.54) is 94.3 Å². The van der Waals surface area contributed by atoms with Gasteiger partial charge in [0.1, 0.15) is 0 Å². The van der Waals surface area contributed by atoms with Crippen molar-refractivity contribution in [2.45, 2.75) is 13.8 Å². The highest BCUT2D eigenvalue weighted by atomic mass is 15.2. The molecule has 0 fully saturated rings. The van der Waals surface area contributed by atoms with Crippen molar-refractivity contribution in [2.24, 2.45) is 0 Å². The van der Waals surface area contributed by atoms with Crippen LogP contribution in [0.4, 0.5) is 34.1 Å². The molecule has 2 aliphatic heterocycles. The van der Waals surface area contributed by atoms with E-state index in [0.717, 1.165) is 17.1 Å². The molecule has 12 rings (SSSR count). The van der Waals surface area contributed by atoms with E-state index in [4.69, 9.17) is 0 Å². The zero-order valence-electron chi connectivity index (χ0n) is 33.5. The number of aromatic nitrogens is 1. The molecule has 60 heavy (non-hydrogen) atoms. The number of fused-ring (bicyclic) bond motifs is 7. The van der Waals surface area contributed by atoms with Gasteiger partial charge in [-0.2, -0.15) is 0 Å². The standard InChI is InChI=1S/C56H40BN3/c1-37-23-29-50-48(31-37)57-49-32-38(2)24-30-51(49)59(44-21-13-6-14-22-44)55-36-45(35-54(56(55)57)58(50)43-19-11-5-12-20-43)60-52-33-41(39-15-7-3-8-16-39)25-27-46(52)47-28-26-42(34-53(47)60)40-17-9-4-10-18-40/h3-36H,1-2H3. The largest absolute Gasteiger partial charge is 0.311 e. The lowest BCUT2D eigenvalue weighted by atomic mass is 9.33. The first kappa shape index (κ1) is 34.5. The summed E-state index contributed by atoms with van der Waals surface area (Å²) in [6, 6.07) is 76.3. The van der Waals surface area contributed by atoms with Gasteiger partial charge in [-0.1, -0.05) is 157 Å². The van der Waals surface area contributed by atoms with Crippen LogP contribution in [0, 0.1) is 13.8 Å². The van der Waals surface area contributed by atoms with Crippen LogP contribution < -0.4 is 26.2 Å². The maximum Gasteiger partial charge on any atom is 0.252 e. The zero-order chi connectivity index (χ0) is 39.9. The third-order valence-electron chi connectivity index (χ3n) is 12.6. The Morgan fingerprint density at radius 2 is 0.750 bits per heavy atom. The molecule has 0 N–H and O–H groups in total. The molecule has 3 nitrogen and oxygen atoms in total. The van der Waals surface area contributed by atoms with Gasteiger partial charge in [-0.15, -0.1) is 0 Å². The maximum absolute atomic E-state index is 2.52. The van der Waals surface area contributed by atoms with Gasteiger partial charge in [0.15, 0.2) is 0 Å². The second-order valence-corrected chi connectivity index (χ2v) is 16.3. The Balaban J connectivity index is 1.23. The predicted octanol–water partition coefficient (Wildman–Crippen LogP) is 12.8. The van der Waals surface area contributed by atoms with Gasteiger partial charge < -0.3 is 14.4 Å². The molecule has 10 aromatic rings. The van der Waals surface area contributed by atoms with Gasteiger partial charge in [0, 0.05) is 44.9 Å². The molecule has 0 amide bonds. The van der Waals surface area contributed by atoms with Crippen LogP contribution in [0.1, 0.15) is 11.1 Å². The summed E-state index contributed by atoms with van der Waals surface area (Å²) in [5.74, 6) is 0. The van der Waals surface area contributed by atoms with E-state index in [1.807, 2.05) is 0 Å². The Hall–Kier alpha value is -7.56. The van der Waals surface area contributed by atoms with Gasteiger partial charge in [0.05, 0.1) is 16.7 Å². The maximum atomic E-state index is 2.52. The van der Waals surface area contributed by atoms with Crippen LogP contribution in [0.2, 0.25) is 0 Å². The molecule has 1 aromatic heterocycles. The molecule has 282 valence electrons. The van der Waals surface area contributed by atoms with Crippen molar-refractivity contribution in [3.05, 3.63) is 217 Å². The third kappa shape index (κ3) is 5.31. The van der Waals surface area contributed by atoms with Gasteiger partial charge in [-0.05, 0) is 113 Å². The van der Waals surface area contributed by atoms with Crippen molar-refractivity contribution < 1.29 is 0 Å². The second kappa shape index (κ2) is 13.5. The van der Waals surface area contributed by atoms with E-state index in [1.54, 1.807) is 0 Å². The normalized spacial score (nSPS) is 12.7. The summed E-state index contributed by atoms with van der Waals surface area (Å²) in [5, 5.41) is 2.46. The highest BCUT2D eigenvalue weighted by Gasteiger charge is 2.44. The average molecular weight is 766 g/mol. The first-order valence-corrected chi connectivity index (χ1v) is 20.9. The Bertz CT molecular complexity index is 3070. The van der Waals surface area contributed by atoms with Crippen molar-refractivity contribution in [3.8, 4) is 27.9 Å². The molecule has 0 saturated heterocycles. The fourth-order valence-corrected chi connectivity index (χ4v) is 9.99. The zero-order valence-corrected chi connectivity index (χ0v) is 33.5. The molecule has 0 spiro atoms. The van der Waals surface area contributed by atoms with Crippen LogP contribution in [-0.4, -0.2) is 11.3 Å². The second-order valence-electron chi connectivity index (χ2n) is 16.3. The van der Waals surface area contributed by atoms with E-state index < -0.39 is 0 Å². The molecule has 0 bridgehead atoms. The van der Waals surface area contributed by atoms with Crippen molar-refractivity contribution in [1.29, 1.82) is 0 Å². The van der Waals surface area contributed by atoms with Crippen LogP contribution in [-0.2, 0) is 0 Å². The van der Waals surface area contributed by atoms with Crippen molar-refractivity contribution >= 4 is 79.0 Å². The summed E-state index contributed by atoms with van der Waals surface area (Å²) in [4.78, 5) is 5.02. The number of nitrogens with zero attached hydrogens (tertiary/aromatic N) is 3. The highest BCUT2D eigenvalue weighted by molar-refractivity contribution is 7.00. The molecule has 0 atom stereocenters. The van der Waals surface area contributed by atoms with E-state index in [9.17, 15) is 0 Å². The Kier molecular flexibility index (Phi) is 7.76.